The van der Waals surface area contributed by atoms with Crippen LogP contribution in [0.2, 0.25) is 0 Å². The van der Waals surface area contributed by atoms with Gasteiger partial charge in [0.2, 0.25) is 0 Å². The molecule has 0 bridgehead atoms. The number of aliphatic hydroxyl groups is 1. The first kappa shape index (κ1) is 29.3. The fraction of sp³-hybridized carbons (Fsp3) is 0.962. The molecule has 2 fully saturated rings. The van der Waals surface area contributed by atoms with Gasteiger partial charge in [0.25, 0.3) is 0 Å². The second-order valence-electron chi connectivity index (χ2n) is 10.5. The van der Waals surface area contributed by atoms with Crippen LogP contribution < -0.4 is 0 Å². The van der Waals surface area contributed by atoms with E-state index in [0.29, 0.717) is 32.8 Å². The van der Waals surface area contributed by atoms with Crippen LogP contribution in [0.4, 0.5) is 4.79 Å². The maximum Gasteiger partial charge on any atom is 0.411 e. The molecule has 0 saturated carbocycles. The van der Waals surface area contributed by atoms with Crippen molar-refractivity contribution in [3.05, 3.63) is 0 Å². The molecule has 2 saturated heterocycles. The quantitative estimate of drug-likeness (QED) is 0.365. The van der Waals surface area contributed by atoms with Crippen LogP contribution in [-0.2, 0) is 23.7 Å². The van der Waals surface area contributed by atoms with Crippen molar-refractivity contribution in [1.82, 2.24) is 4.90 Å². The molecule has 8 nitrogen and oxygen atoms in total. The first-order valence-corrected chi connectivity index (χ1v) is 13.4. The van der Waals surface area contributed by atoms with Gasteiger partial charge in [-0.15, -0.1) is 0 Å². The normalized spacial score (nSPS) is 29.3. The van der Waals surface area contributed by atoms with Crippen molar-refractivity contribution >= 4 is 6.09 Å². The maximum atomic E-state index is 13.3. The Balaban J connectivity index is 2.32. The van der Waals surface area contributed by atoms with Crippen molar-refractivity contribution < 1.29 is 33.6 Å². The van der Waals surface area contributed by atoms with Gasteiger partial charge in [0.05, 0.1) is 31.4 Å². The van der Waals surface area contributed by atoms with E-state index in [1.807, 2.05) is 20.8 Å². The largest absolute Gasteiger partial charge is 0.444 e. The number of carbonyl (C=O) groups excluding carboxylic acids is 1. The van der Waals surface area contributed by atoms with Crippen molar-refractivity contribution in [3.8, 4) is 0 Å². The maximum absolute atomic E-state index is 13.3. The molecular weight excluding hydrogens is 438 g/mol. The Hall–Kier alpha value is -0.930. The lowest BCUT2D eigenvalue weighted by atomic mass is 9.92. The van der Waals surface area contributed by atoms with Gasteiger partial charge in [0, 0.05) is 19.8 Å². The molecule has 2 heterocycles. The SMILES string of the molecule is CCCCOCC1O[C@@H]2C[C@@H](CO)N(C(=O)OC(C)(C)C)C2C(OCCCC)[C@@H]1OCCCC. The summed E-state index contributed by atoms with van der Waals surface area (Å²) >= 11 is 0. The summed E-state index contributed by atoms with van der Waals surface area (Å²) in [5.41, 5.74) is -0.643. The van der Waals surface area contributed by atoms with Gasteiger partial charge in [-0.3, -0.25) is 4.90 Å². The molecule has 34 heavy (non-hydrogen) atoms. The minimum atomic E-state index is -0.643. The van der Waals surface area contributed by atoms with Crippen LogP contribution in [-0.4, -0.2) is 91.2 Å². The van der Waals surface area contributed by atoms with E-state index in [2.05, 4.69) is 20.8 Å². The summed E-state index contributed by atoms with van der Waals surface area (Å²) in [6.07, 6.45) is 4.72. The highest BCUT2D eigenvalue weighted by Crippen LogP contribution is 2.39. The van der Waals surface area contributed by atoms with E-state index < -0.39 is 17.7 Å². The number of hydrogen-bond donors (Lipinski definition) is 1. The molecule has 2 aliphatic heterocycles. The van der Waals surface area contributed by atoms with Crippen molar-refractivity contribution in [3.63, 3.8) is 0 Å². The standard InChI is InChI=1S/C26H49NO7/c1-7-10-13-30-18-21-23(31-14-11-8-2)24(32-15-12-9-3)22-20(33-21)16-19(17-28)27(22)25(29)34-26(4,5)6/h19-24,28H,7-18H2,1-6H3/t19-,20+,21?,22?,23+,24?/m0/s1. The lowest BCUT2D eigenvalue weighted by Crippen LogP contribution is -2.64. The predicted molar refractivity (Wildman–Crippen MR) is 131 cm³/mol. The number of rotatable bonds is 14. The molecule has 0 radical (unpaired) electrons. The molecule has 1 amide bonds. The van der Waals surface area contributed by atoms with Gasteiger partial charge < -0.3 is 28.8 Å². The molecule has 0 aromatic heterocycles. The lowest BCUT2D eigenvalue weighted by molar-refractivity contribution is -0.228. The minimum Gasteiger partial charge on any atom is -0.444 e. The zero-order valence-corrected chi connectivity index (χ0v) is 22.3. The van der Waals surface area contributed by atoms with Crippen LogP contribution in [0.25, 0.3) is 0 Å². The van der Waals surface area contributed by atoms with Gasteiger partial charge >= 0.3 is 6.09 Å². The Bertz CT molecular complexity index is 582. The molecule has 0 aromatic rings. The minimum absolute atomic E-state index is 0.156. The number of hydrogen-bond acceptors (Lipinski definition) is 7. The Morgan fingerprint density at radius 1 is 0.971 bits per heavy atom. The van der Waals surface area contributed by atoms with Gasteiger partial charge in [0.1, 0.15) is 23.9 Å². The van der Waals surface area contributed by atoms with E-state index in [0.717, 1.165) is 38.5 Å². The fourth-order valence-electron chi connectivity index (χ4n) is 4.61. The van der Waals surface area contributed by atoms with E-state index in [1.54, 1.807) is 4.90 Å². The van der Waals surface area contributed by atoms with Crippen LogP contribution in [0.3, 0.4) is 0 Å². The summed E-state index contributed by atoms with van der Waals surface area (Å²) in [6.45, 7) is 14.0. The van der Waals surface area contributed by atoms with Crippen molar-refractivity contribution in [1.29, 1.82) is 0 Å². The molecule has 200 valence electrons. The number of amides is 1. The van der Waals surface area contributed by atoms with Crippen LogP contribution >= 0.6 is 0 Å². The van der Waals surface area contributed by atoms with E-state index >= 15 is 0 Å². The second kappa shape index (κ2) is 14.6. The fourth-order valence-corrected chi connectivity index (χ4v) is 4.61. The number of aliphatic hydroxyl groups excluding tert-OH is 1. The number of carbonyl (C=O) groups is 1. The van der Waals surface area contributed by atoms with Crippen LogP contribution in [0.5, 0.6) is 0 Å². The number of nitrogens with zero attached hydrogens (tertiary/aromatic N) is 1. The van der Waals surface area contributed by atoms with Gasteiger partial charge in [-0.1, -0.05) is 40.0 Å². The van der Waals surface area contributed by atoms with Gasteiger partial charge in [0.15, 0.2) is 0 Å². The average molecular weight is 488 g/mol. The predicted octanol–water partition coefficient (Wildman–Crippen LogP) is 4.31. The molecule has 0 aliphatic carbocycles. The number of fused-ring (bicyclic) bond motifs is 1. The Morgan fingerprint density at radius 3 is 2.12 bits per heavy atom. The monoisotopic (exact) mass is 487 g/mol. The molecule has 2 rings (SSSR count). The topological polar surface area (TPSA) is 86.7 Å². The Morgan fingerprint density at radius 2 is 1.56 bits per heavy atom. The summed E-state index contributed by atoms with van der Waals surface area (Å²) in [7, 11) is 0. The van der Waals surface area contributed by atoms with Gasteiger partial charge in [-0.25, -0.2) is 4.79 Å². The summed E-state index contributed by atoms with van der Waals surface area (Å²) < 4.78 is 31.0. The van der Waals surface area contributed by atoms with E-state index in [4.69, 9.17) is 23.7 Å². The van der Waals surface area contributed by atoms with Crippen LogP contribution in [0.15, 0.2) is 0 Å². The van der Waals surface area contributed by atoms with Gasteiger partial charge in [-0.2, -0.15) is 0 Å². The third-order valence-electron chi connectivity index (χ3n) is 6.33. The third kappa shape index (κ3) is 8.33. The van der Waals surface area contributed by atoms with E-state index in [-0.39, 0.29) is 37.1 Å². The number of ether oxygens (including phenoxy) is 5. The molecule has 0 aromatic carbocycles. The van der Waals surface area contributed by atoms with Gasteiger partial charge in [-0.05, 0) is 46.5 Å². The highest BCUT2D eigenvalue weighted by atomic mass is 16.6. The molecule has 3 unspecified atom stereocenters. The molecule has 8 heteroatoms. The summed E-state index contributed by atoms with van der Waals surface area (Å²) in [5, 5.41) is 10.1. The Kier molecular flexibility index (Phi) is 12.6. The van der Waals surface area contributed by atoms with Crippen molar-refractivity contribution in [2.45, 2.75) is 129 Å². The first-order valence-electron chi connectivity index (χ1n) is 13.4. The number of likely N-dealkylation sites (tertiary alicyclic amines) is 1. The average Bonchev–Trinajstić information content (AvgIpc) is 3.15. The van der Waals surface area contributed by atoms with E-state index in [1.165, 1.54) is 0 Å². The lowest BCUT2D eigenvalue weighted by Gasteiger charge is -2.46. The molecule has 0 spiro atoms. The number of unbranched alkanes of at least 4 members (excludes halogenated alkanes) is 3. The highest BCUT2D eigenvalue weighted by Gasteiger charge is 2.57. The van der Waals surface area contributed by atoms with E-state index in [9.17, 15) is 9.90 Å². The first-order chi connectivity index (χ1) is 16.3. The third-order valence-corrected chi connectivity index (χ3v) is 6.33. The van der Waals surface area contributed by atoms with Crippen LogP contribution in [0.1, 0.15) is 86.5 Å². The van der Waals surface area contributed by atoms with Crippen molar-refractivity contribution in [2.24, 2.45) is 0 Å². The zero-order chi connectivity index (χ0) is 25.1. The van der Waals surface area contributed by atoms with Crippen molar-refractivity contribution in [2.75, 3.05) is 33.0 Å². The second-order valence-corrected chi connectivity index (χ2v) is 10.5. The molecule has 1 N–H and O–H groups in total. The summed E-state index contributed by atoms with van der Waals surface area (Å²) in [4.78, 5) is 14.9. The zero-order valence-electron chi connectivity index (χ0n) is 22.3. The summed E-state index contributed by atoms with van der Waals surface area (Å²) in [5.74, 6) is 0. The molecular formula is C26H49NO7. The molecule has 6 atom stereocenters. The Labute approximate surface area is 206 Å². The highest BCUT2D eigenvalue weighted by molar-refractivity contribution is 5.70. The smallest absolute Gasteiger partial charge is 0.411 e. The summed E-state index contributed by atoms with van der Waals surface area (Å²) in [6, 6.07) is -0.777. The molecule has 2 aliphatic rings. The van der Waals surface area contributed by atoms with Crippen LogP contribution in [0, 0.1) is 0 Å².